The number of carbonyl (C=O) groups excluding carboxylic acids is 1. The van der Waals surface area contributed by atoms with Crippen molar-refractivity contribution in [1.29, 1.82) is 0 Å². The first-order valence-electron chi connectivity index (χ1n) is 7.13. The third-order valence-corrected chi connectivity index (χ3v) is 3.08. The van der Waals surface area contributed by atoms with Crippen LogP contribution >= 0.6 is 12.2 Å². The minimum atomic E-state index is -0.380. The average Bonchev–Trinajstić information content (AvgIpc) is 2.49. The van der Waals surface area contributed by atoms with Gasteiger partial charge in [0, 0.05) is 0 Å². The summed E-state index contributed by atoms with van der Waals surface area (Å²) in [5.74, 6) is 0.159. The van der Waals surface area contributed by atoms with Gasteiger partial charge >= 0.3 is 0 Å². The van der Waals surface area contributed by atoms with Crippen molar-refractivity contribution in [3.63, 3.8) is 0 Å². The van der Waals surface area contributed by atoms with E-state index in [9.17, 15) is 9.90 Å². The lowest BCUT2D eigenvalue weighted by Crippen LogP contribution is -2.34. The molecule has 0 spiro atoms. The van der Waals surface area contributed by atoms with Crippen LogP contribution in [0.1, 0.15) is 24.2 Å². The van der Waals surface area contributed by atoms with Crippen LogP contribution in [0, 0.1) is 0 Å². The lowest BCUT2D eigenvalue weighted by Gasteiger charge is -2.15. The number of hydrogen-bond acceptors (Lipinski definition) is 4. The molecule has 0 aliphatic rings. The molecule has 0 saturated carbocycles. The van der Waals surface area contributed by atoms with Crippen LogP contribution in [-0.2, 0) is 0 Å². The highest BCUT2D eigenvalue weighted by atomic mass is 32.1. The number of amides is 1. The molecule has 0 aliphatic heterocycles. The number of phenolic OH excluding ortho intramolecular Hbond substituents is 1. The fourth-order valence-electron chi connectivity index (χ4n) is 1.91. The first-order valence-corrected chi connectivity index (χ1v) is 7.54. The second kappa shape index (κ2) is 7.60. The number of rotatable bonds is 4. The first kappa shape index (κ1) is 16.8. The molecule has 0 heterocycles. The van der Waals surface area contributed by atoms with Crippen LogP contribution in [0.15, 0.2) is 48.5 Å². The average molecular weight is 330 g/mol. The third-order valence-electron chi connectivity index (χ3n) is 2.87. The van der Waals surface area contributed by atoms with Crippen molar-refractivity contribution >= 4 is 28.9 Å². The van der Waals surface area contributed by atoms with Gasteiger partial charge in [0.05, 0.1) is 17.4 Å². The van der Waals surface area contributed by atoms with Crippen LogP contribution in [0.25, 0.3) is 0 Å². The van der Waals surface area contributed by atoms with Crippen molar-refractivity contribution in [3.05, 3.63) is 54.1 Å². The highest BCUT2D eigenvalue weighted by Crippen LogP contribution is 2.22. The summed E-state index contributed by atoms with van der Waals surface area (Å²) >= 11 is 5.11. The van der Waals surface area contributed by atoms with Crippen LogP contribution in [0.3, 0.4) is 0 Å². The van der Waals surface area contributed by atoms with Crippen LogP contribution < -0.4 is 15.4 Å². The van der Waals surface area contributed by atoms with Gasteiger partial charge in [-0.1, -0.05) is 24.3 Å². The van der Waals surface area contributed by atoms with Gasteiger partial charge in [-0.25, -0.2) is 0 Å². The highest BCUT2D eigenvalue weighted by Gasteiger charge is 2.14. The molecular weight excluding hydrogens is 312 g/mol. The number of para-hydroxylation sites is 3. The van der Waals surface area contributed by atoms with Gasteiger partial charge in [-0.15, -0.1) is 0 Å². The molecule has 0 aliphatic carbocycles. The quantitative estimate of drug-likeness (QED) is 0.593. The van der Waals surface area contributed by atoms with Crippen LogP contribution in [0.4, 0.5) is 5.69 Å². The number of anilines is 1. The molecule has 0 bridgehead atoms. The van der Waals surface area contributed by atoms with Crippen molar-refractivity contribution in [3.8, 4) is 11.5 Å². The summed E-state index contributed by atoms with van der Waals surface area (Å²) in [6, 6.07) is 13.6. The Morgan fingerprint density at radius 3 is 2.48 bits per heavy atom. The van der Waals surface area contributed by atoms with Gasteiger partial charge in [0.25, 0.3) is 5.91 Å². The summed E-state index contributed by atoms with van der Waals surface area (Å²) in [4.78, 5) is 12.4. The maximum Gasteiger partial charge on any atom is 0.261 e. The van der Waals surface area contributed by atoms with Crippen molar-refractivity contribution in [1.82, 2.24) is 5.32 Å². The lowest BCUT2D eigenvalue weighted by atomic mass is 10.2. The van der Waals surface area contributed by atoms with Gasteiger partial charge in [-0.05, 0) is 50.3 Å². The molecule has 0 aromatic heterocycles. The van der Waals surface area contributed by atoms with E-state index in [-0.39, 0.29) is 22.9 Å². The summed E-state index contributed by atoms with van der Waals surface area (Å²) in [5, 5.41) is 15.1. The zero-order chi connectivity index (χ0) is 16.8. The highest BCUT2D eigenvalue weighted by molar-refractivity contribution is 7.80. The number of phenols is 1. The molecule has 2 aromatic carbocycles. The number of benzene rings is 2. The van der Waals surface area contributed by atoms with Gasteiger partial charge in [0.2, 0.25) is 0 Å². The van der Waals surface area contributed by atoms with Gasteiger partial charge in [0.15, 0.2) is 5.11 Å². The van der Waals surface area contributed by atoms with Crippen molar-refractivity contribution in [2.45, 2.75) is 20.0 Å². The Hall–Kier alpha value is -2.60. The van der Waals surface area contributed by atoms with Crippen molar-refractivity contribution < 1.29 is 14.6 Å². The molecule has 0 atom stereocenters. The summed E-state index contributed by atoms with van der Waals surface area (Å²) < 4.78 is 5.62. The van der Waals surface area contributed by atoms with E-state index in [1.807, 2.05) is 13.8 Å². The van der Waals surface area contributed by atoms with E-state index >= 15 is 0 Å². The molecule has 0 radical (unpaired) electrons. The molecule has 23 heavy (non-hydrogen) atoms. The second-order valence-electron chi connectivity index (χ2n) is 5.09. The molecule has 6 heteroatoms. The van der Waals surface area contributed by atoms with E-state index in [1.54, 1.807) is 42.5 Å². The van der Waals surface area contributed by atoms with Crippen LogP contribution in [-0.4, -0.2) is 22.2 Å². The minimum Gasteiger partial charge on any atom is -0.506 e. The van der Waals surface area contributed by atoms with Gasteiger partial charge in [-0.2, -0.15) is 0 Å². The molecule has 2 aromatic rings. The topological polar surface area (TPSA) is 70.6 Å². The first-order chi connectivity index (χ1) is 11.0. The molecule has 0 unspecified atom stereocenters. The number of thiocarbonyl (C=S) groups is 1. The number of nitrogens with one attached hydrogen (secondary N) is 2. The third kappa shape index (κ3) is 4.69. The molecule has 2 rings (SSSR count). The molecule has 1 amide bonds. The number of hydrogen-bond donors (Lipinski definition) is 3. The number of carbonyl (C=O) groups is 1. The fraction of sp³-hybridized carbons (Fsp3) is 0.176. The smallest absolute Gasteiger partial charge is 0.261 e. The van der Waals surface area contributed by atoms with E-state index in [0.29, 0.717) is 17.0 Å². The Morgan fingerprint density at radius 1 is 1.13 bits per heavy atom. The summed E-state index contributed by atoms with van der Waals surface area (Å²) in [7, 11) is 0. The second-order valence-corrected chi connectivity index (χ2v) is 5.50. The standard InChI is InChI=1S/C17H18N2O3S/c1-11(2)22-15-10-6-3-7-12(15)16(21)19-17(23)18-13-8-4-5-9-14(13)20/h3-11,20H,1-2H3,(H2,18,19,21,23). The lowest BCUT2D eigenvalue weighted by molar-refractivity contribution is 0.0972. The predicted octanol–water partition coefficient (Wildman–Crippen LogP) is 3.31. The van der Waals surface area contributed by atoms with Gasteiger partial charge in [-0.3, -0.25) is 10.1 Å². The predicted molar refractivity (Wildman–Crippen MR) is 94.0 cm³/mol. The number of aromatic hydroxyl groups is 1. The summed E-state index contributed by atoms with van der Waals surface area (Å²) in [6.45, 7) is 3.78. The van der Waals surface area contributed by atoms with E-state index in [0.717, 1.165) is 0 Å². The largest absolute Gasteiger partial charge is 0.506 e. The molecule has 5 nitrogen and oxygen atoms in total. The molecule has 120 valence electrons. The molecule has 0 saturated heterocycles. The monoisotopic (exact) mass is 330 g/mol. The Bertz CT molecular complexity index is 716. The summed E-state index contributed by atoms with van der Waals surface area (Å²) in [6.07, 6.45) is -0.0460. The van der Waals surface area contributed by atoms with Gasteiger partial charge < -0.3 is 15.2 Å². The zero-order valence-corrected chi connectivity index (χ0v) is 13.7. The maximum absolute atomic E-state index is 12.4. The Kier molecular flexibility index (Phi) is 5.54. The SMILES string of the molecule is CC(C)Oc1ccccc1C(=O)NC(=S)Nc1ccccc1O. The Morgan fingerprint density at radius 2 is 1.78 bits per heavy atom. The van der Waals surface area contributed by atoms with Crippen molar-refractivity contribution in [2.75, 3.05) is 5.32 Å². The normalized spacial score (nSPS) is 10.2. The van der Waals surface area contributed by atoms with Crippen LogP contribution in [0.2, 0.25) is 0 Å². The Labute approximate surface area is 140 Å². The van der Waals surface area contributed by atoms with Crippen molar-refractivity contribution in [2.24, 2.45) is 0 Å². The maximum atomic E-state index is 12.4. The zero-order valence-electron chi connectivity index (χ0n) is 12.9. The van der Waals surface area contributed by atoms with E-state index < -0.39 is 0 Å². The summed E-state index contributed by atoms with van der Waals surface area (Å²) in [5.41, 5.74) is 0.812. The van der Waals surface area contributed by atoms with E-state index in [4.69, 9.17) is 17.0 Å². The fourth-order valence-corrected chi connectivity index (χ4v) is 2.12. The number of ether oxygens (including phenoxy) is 1. The minimum absolute atomic E-state index is 0.0460. The van der Waals surface area contributed by atoms with E-state index in [2.05, 4.69) is 10.6 Å². The molecule has 3 N–H and O–H groups in total. The Balaban J connectivity index is 2.07. The van der Waals surface area contributed by atoms with Gasteiger partial charge in [0.1, 0.15) is 11.5 Å². The molecule has 0 fully saturated rings. The molecular formula is C17H18N2O3S. The van der Waals surface area contributed by atoms with Crippen LogP contribution in [0.5, 0.6) is 11.5 Å². The van der Waals surface area contributed by atoms with E-state index in [1.165, 1.54) is 6.07 Å².